The first-order valence-corrected chi connectivity index (χ1v) is 7.72. The van der Waals surface area contributed by atoms with Gasteiger partial charge in [-0.05, 0) is 55.1 Å². The molecule has 0 fully saturated rings. The van der Waals surface area contributed by atoms with E-state index in [1.165, 1.54) is 6.07 Å². The quantitative estimate of drug-likeness (QED) is 0.785. The summed E-state index contributed by atoms with van der Waals surface area (Å²) in [5, 5.41) is 4.31. The van der Waals surface area contributed by atoms with Crippen molar-refractivity contribution < 1.29 is 4.39 Å². The van der Waals surface area contributed by atoms with Crippen LogP contribution in [0.1, 0.15) is 36.1 Å². The fourth-order valence-corrected chi connectivity index (χ4v) is 2.71. The number of halogens is 2. The Hall–Kier alpha value is -1.38. The van der Waals surface area contributed by atoms with Gasteiger partial charge >= 0.3 is 0 Å². The van der Waals surface area contributed by atoms with E-state index < -0.39 is 0 Å². The summed E-state index contributed by atoms with van der Waals surface area (Å²) in [6, 6.07) is 12.9. The Kier molecular flexibility index (Phi) is 5.77. The molecule has 0 aliphatic rings. The van der Waals surface area contributed by atoms with Crippen LogP contribution in [0, 0.1) is 12.7 Å². The zero-order chi connectivity index (χ0) is 15.2. The second-order valence-corrected chi connectivity index (χ2v) is 5.70. The monoisotopic (exact) mass is 305 g/mol. The second-order valence-electron chi connectivity index (χ2n) is 5.32. The van der Waals surface area contributed by atoms with E-state index in [-0.39, 0.29) is 11.9 Å². The number of rotatable bonds is 6. The SMILES string of the molecule is CCCNC(Cc1cccc(F)c1)c1cccc(C)c1Cl. The van der Waals surface area contributed by atoms with Crippen LogP contribution < -0.4 is 5.32 Å². The molecular formula is C18H21ClFN. The maximum atomic E-state index is 13.4. The largest absolute Gasteiger partial charge is 0.310 e. The summed E-state index contributed by atoms with van der Waals surface area (Å²) in [5.74, 6) is -0.197. The van der Waals surface area contributed by atoms with Gasteiger partial charge in [0.25, 0.3) is 0 Å². The Morgan fingerprint density at radius 3 is 2.67 bits per heavy atom. The normalized spacial score (nSPS) is 12.4. The van der Waals surface area contributed by atoms with Crippen LogP contribution in [0.4, 0.5) is 4.39 Å². The van der Waals surface area contributed by atoms with E-state index in [0.29, 0.717) is 0 Å². The lowest BCUT2D eigenvalue weighted by atomic mass is 9.97. The van der Waals surface area contributed by atoms with Crippen molar-refractivity contribution in [3.63, 3.8) is 0 Å². The van der Waals surface area contributed by atoms with Gasteiger partial charge in [0.2, 0.25) is 0 Å². The van der Waals surface area contributed by atoms with Gasteiger partial charge < -0.3 is 5.32 Å². The molecule has 0 aliphatic carbocycles. The highest BCUT2D eigenvalue weighted by atomic mass is 35.5. The van der Waals surface area contributed by atoms with Crippen LogP contribution in [0.15, 0.2) is 42.5 Å². The Labute approximate surface area is 131 Å². The number of aryl methyl sites for hydroxylation is 1. The van der Waals surface area contributed by atoms with Gasteiger partial charge in [-0.15, -0.1) is 0 Å². The topological polar surface area (TPSA) is 12.0 Å². The summed E-state index contributed by atoms with van der Waals surface area (Å²) in [4.78, 5) is 0. The molecule has 1 unspecified atom stereocenters. The molecule has 2 rings (SSSR count). The molecule has 112 valence electrons. The average molecular weight is 306 g/mol. The summed E-state index contributed by atoms with van der Waals surface area (Å²) >= 11 is 6.45. The molecule has 0 amide bonds. The van der Waals surface area contributed by atoms with Crippen molar-refractivity contribution in [2.45, 2.75) is 32.7 Å². The van der Waals surface area contributed by atoms with Crippen LogP contribution >= 0.6 is 11.6 Å². The van der Waals surface area contributed by atoms with Gasteiger partial charge in [-0.1, -0.05) is 48.9 Å². The van der Waals surface area contributed by atoms with E-state index in [0.717, 1.165) is 41.1 Å². The highest BCUT2D eigenvalue weighted by molar-refractivity contribution is 6.32. The molecule has 1 nitrogen and oxygen atoms in total. The molecule has 0 saturated heterocycles. The fraction of sp³-hybridized carbons (Fsp3) is 0.333. The Morgan fingerprint density at radius 2 is 1.95 bits per heavy atom. The fourth-order valence-electron chi connectivity index (χ4n) is 2.45. The van der Waals surface area contributed by atoms with E-state index in [2.05, 4.69) is 12.2 Å². The van der Waals surface area contributed by atoms with Gasteiger partial charge in [-0.3, -0.25) is 0 Å². The molecule has 21 heavy (non-hydrogen) atoms. The minimum atomic E-state index is -0.197. The van der Waals surface area contributed by atoms with Gasteiger partial charge in [0.1, 0.15) is 5.82 Å². The molecule has 0 heterocycles. The third-order valence-corrected chi connectivity index (χ3v) is 4.08. The summed E-state index contributed by atoms with van der Waals surface area (Å²) in [6.45, 7) is 5.04. The zero-order valence-corrected chi connectivity index (χ0v) is 13.3. The Bertz CT molecular complexity index is 598. The lowest BCUT2D eigenvalue weighted by molar-refractivity contribution is 0.527. The first-order valence-electron chi connectivity index (χ1n) is 7.34. The van der Waals surface area contributed by atoms with Crippen molar-refractivity contribution in [1.82, 2.24) is 5.32 Å². The molecule has 3 heteroatoms. The number of benzene rings is 2. The lowest BCUT2D eigenvalue weighted by Crippen LogP contribution is -2.24. The molecule has 0 aliphatic heterocycles. The highest BCUT2D eigenvalue weighted by Gasteiger charge is 2.16. The third kappa shape index (κ3) is 4.29. The summed E-state index contributed by atoms with van der Waals surface area (Å²) in [5.41, 5.74) is 3.12. The van der Waals surface area contributed by atoms with E-state index >= 15 is 0 Å². The smallest absolute Gasteiger partial charge is 0.123 e. The van der Waals surface area contributed by atoms with E-state index in [4.69, 9.17) is 11.6 Å². The van der Waals surface area contributed by atoms with E-state index in [1.807, 2.05) is 31.2 Å². The van der Waals surface area contributed by atoms with Crippen LogP contribution in [0.5, 0.6) is 0 Å². The average Bonchev–Trinajstić information content (AvgIpc) is 2.47. The first-order chi connectivity index (χ1) is 10.1. The van der Waals surface area contributed by atoms with Gasteiger partial charge in [0.05, 0.1) is 0 Å². The summed E-state index contributed by atoms with van der Waals surface area (Å²) in [7, 11) is 0. The molecule has 0 bridgehead atoms. The highest BCUT2D eigenvalue weighted by Crippen LogP contribution is 2.28. The van der Waals surface area contributed by atoms with Crippen molar-refractivity contribution in [2.75, 3.05) is 6.54 Å². The predicted octanol–water partition coefficient (Wildman–Crippen LogP) is 5.07. The predicted molar refractivity (Wildman–Crippen MR) is 87.3 cm³/mol. The molecule has 1 atom stereocenters. The molecule has 0 aromatic heterocycles. The minimum Gasteiger partial charge on any atom is -0.310 e. The van der Waals surface area contributed by atoms with Gasteiger partial charge in [-0.2, -0.15) is 0 Å². The van der Waals surface area contributed by atoms with Crippen LogP contribution in [-0.4, -0.2) is 6.54 Å². The van der Waals surface area contributed by atoms with Crippen LogP contribution in [0.2, 0.25) is 5.02 Å². The van der Waals surface area contributed by atoms with Crippen LogP contribution in [0.3, 0.4) is 0 Å². The van der Waals surface area contributed by atoms with E-state index in [1.54, 1.807) is 12.1 Å². The minimum absolute atomic E-state index is 0.0964. The number of hydrogen-bond donors (Lipinski definition) is 1. The Balaban J connectivity index is 2.27. The van der Waals surface area contributed by atoms with Crippen molar-refractivity contribution in [2.24, 2.45) is 0 Å². The Morgan fingerprint density at radius 1 is 1.19 bits per heavy atom. The van der Waals surface area contributed by atoms with Crippen molar-refractivity contribution in [3.05, 3.63) is 70.0 Å². The molecule has 1 N–H and O–H groups in total. The molecule has 0 spiro atoms. The van der Waals surface area contributed by atoms with Crippen LogP contribution in [-0.2, 0) is 6.42 Å². The third-order valence-electron chi connectivity index (χ3n) is 3.57. The maximum absolute atomic E-state index is 13.4. The van der Waals surface area contributed by atoms with Crippen molar-refractivity contribution in [1.29, 1.82) is 0 Å². The molecule has 2 aromatic rings. The standard InChI is InChI=1S/C18H21ClFN/c1-3-10-21-17(12-14-7-5-8-15(20)11-14)16-9-4-6-13(2)18(16)19/h4-9,11,17,21H,3,10,12H2,1-2H3. The maximum Gasteiger partial charge on any atom is 0.123 e. The van der Waals surface area contributed by atoms with Crippen molar-refractivity contribution >= 4 is 11.6 Å². The van der Waals surface area contributed by atoms with Crippen molar-refractivity contribution in [3.8, 4) is 0 Å². The zero-order valence-electron chi connectivity index (χ0n) is 12.5. The molecule has 0 radical (unpaired) electrons. The van der Waals surface area contributed by atoms with E-state index in [9.17, 15) is 4.39 Å². The number of hydrogen-bond acceptors (Lipinski definition) is 1. The molecule has 0 saturated carbocycles. The summed E-state index contributed by atoms with van der Waals surface area (Å²) in [6.07, 6.45) is 1.77. The van der Waals surface area contributed by atoms with Crippen LogP contribution in [0.25, 0.3) is 0 Å². The van der Waals surface area contributed by atoms with Gasteiger partial charge in [-0.25, -0.2) is 4.39 Å². The van der Waals surface area contributed by atoms with Gasteiger partial charge in [0, 0.05) is 11.1 Å². The second kappa shape index (κ2) is 7.58. The first kappa shape index (κ1) is 16.0. The summed E-state index contributed by atoms with van der Waals surface area (Å²) < 4.78 is 13.4. The van der Waals surface area contributed by atoms with Gasteiger partial charge in [0.15, 0.2) is 0 Å². The number of nitrogens with one attached hydrogen (secondary N) is 1. The molecule has 2 aromatic carbocycles. The lowest BCUT2D eigenvalue weighted by Gasteiger charge is -2.21. The molecular weight excluding hydrogens is 285 g/mol.